The number of alkyl halides is 3. The fourth-order valence-corrected chi connectivity index (χ4v) is 2.04. The number of hydrogen-bond donors (Lipinski definition) is 1. The maximum Gasteiger partial charge on any atom is 0.422 e. The molecule has 1 N–H and O–H groups in total. The zero-order valence-corrected chi connectivity index (χ0v) is 12.8. The first-order valence-corrected chi connectivity index (χ1v) is 6.83. The SMILES string of the molecule is O=C(Nc1c(F)c(F)c(C(F)(F)F)c(F)c1F)c1ccc(Br)cc1. The van der Waals surface area contributed by atoms with E-state index in [1.54, 1.807) is 0 Å². The van der Waals surface area contributed by atoms with E-state index >= 15 is 0 Å². The van der Waals surface area contributed by atoms with Crippen molar-refractivity contribution < 1.29 is 35.5 Å². The molecule has 2 aromatic carbocycles. The third-order valence-electron chi connectivity index (χ3n) is 2.89. The molecule has 0 saturated heterocycles. The Bertz CT molecular complexity index is 773. The van der Waals surface area contributed by atoms with Crippen LogP contribution in [0.4, 0.5) is 36.4 Å². The van der Waals surface area contributed by atoms with Gasteiger partial charge in [-0.1, -0.05) is 15.9 Å². The van der Waals surface area contributed by atoms with E-state index in [2.05, 4.69) is 15.9 Å². The van der Waals surface area contributed by atoms with Crippen molar-refractivity contribution in [3.8, 4) is 0 Å². The summed E-state index contributed by atoms with van der Waals surface area (Å²) in [6.45, 7) is 0. The molecule has 0 aliphatic rings. The summed E-state index contributed by atoms with van der Waals surface area (Å²) >= 11 is 3.07. The fraction of sp³-hybridized carbons (Fsp3) is 0.0714. The molecular weight excluding hydrogens is 411 g/mol. The van der Waals surface area contributed by atoms with Crippen molar-refractivity contribution in [2.45, 2.75) is 6.18 Å². The number of carbonyl (C=O) groups is 1. The summed E-state index contributed by atoms with van der Waals surface area (Å²) in [5.41, 5.74) is -4.50. The van der Waals surface area contributed by atoms with Crippen LogP contribution >= 0.6 is 15.9 Å². The number of anilines is 1. The van der Waals surface area contributed by atoms with Crippen molar-refractivity contribution in [1.82, 2.24) is 0 Å². The second-order valence-electron chi connectivity index (χ2n) is 4.46. The molecule has 0 spiro atoms. The number of benzene rings is 2. The van der Waals surface area contributed by atoms with Gasteiger partial charge in [0.2, 0.25) is 0 Å². The molecule has 0 aliphatic carbocycles. The van der Waals surface area contributed by atoms with Gasteiger partial charge in [-0.15, -0.1) is 0 Å². The monoisotopic (exact) mass is 415 g/mol. The van der Waals surface area contributed by atoms with Gasteiger partial charge in [-0.25, -0.2) is 17.6 Å². The Balaban J connectivity index is 2.49. The van der Waals surface area contributed by atoms with Crippen LogP contribution in [0.2, 0.25) is 0 Å². The van der Waals surface area contributed by atoms with E-state index < -0.39 is 46.6 Å². The molecule has 0 bridgehead atoms. The molecule has 1 amide bonds. The lowest BCUT2D eigenvalue weighted by Crippen LogP contribution is -2.20. The predicted octanol–water partition coefficient (Wildman–Crippen LogP) is 5.28. The minimum Gasteiger partial charge on any atom is -0.317 e. The summed E-state index contributed by atoms with van der Waals surface area (Å²) in [7, 11) is 0. The Kier molecular flexibility index (Phi) is 4.88. The summed E-state index contributed by atoms with van der Waals surface area (Å²) in [6.07, 6.45) is -5.65. The van der Waals surface area contributed by atoms with Crippen LogP contribution in [0.1, 0.15) is 15.9 Å². The average molecular weight is 416 g/mol. The molecule has 0 heterocycles. The standard InChI is InChI=1S/C14H5BrF7NO/c15-6-3-1-5(2-4-6)13(24)23-12-10(18)8(16)7(14(20,21)22)9(17)11(12)19/h1-4H,(H,23,24). The molecule has 0 saturated carbocycles. The van der Waals surface area contributed by atoms with Gasteiger partial charge in [0.05, 0.1) is 0 Å². The van der Waals surface area contributed by atoms with Gasteiger partial charge < -0.3 is 5.32 Å². The first kappa shape index (κ1) is 18.2. The summed E-state index contributed by atoms with van der Waals surface area (Å²) in [6, 6.07) is 5.23. The third kappa shape index (κ3) is 3.37. The first-order chi connectivity index (χ1) is 11.0. The molecule has 2 nitrogen and oxygen atoms in total. The topological polar surface area (TPSA) is 29.1 Å². The van der Waals surface area contributed by atoms with Gasteiger partial charge in [0.1, 0.15) is 11.3 Å². The first-order valence-electron chi connectivity index (χ1n) is 6.04. The molecule has 128 valence electrons. The van der Waals surface area contributed by atoms with E-state index in [0.717, 1.165) is 0 Å². The predicted molar refractivity (Wildman–Crippen MR) is 73.4 cm³/mol. The smallest absolute Gasteiger partial charge is 0.317 e. The molecular formula is C14H5BrF7NO. The summed E-state index contributed by atoms with van der Waals surface area (Å²) in [5.74, 6) is -11.2. The minimum absolute atomic E-state index is 0.141. The van der Waals surface area contributed by atoms with E-state index in [4.69, 9.17) is 0 Å². The lowest BCUT2D eigenvalue weighted by atomic mass is 10.1. The Morgan fingerprint density at radius 3 is 1.75 bits per heavy atom. The zero-order valence-electron chi connectivity index (χ0n) is 11.2. The molecule has 2 rings (SSSR count). The maximum absolute atomic E-state index is 13.7. The van der Waals surface area contributed by atoms with Crippen LogP contribution in [0.15, 0.2) is 28.7 Å². The average Bonchev–Trinajstić information content (AvgIpc) is 2.49. The van der Waals surface area contributed by atoms with Crippen LogP contribution in [0.5, 0.6) is 0 Å². The molecule has 24 heavy (non-hydrogen) atoms. The van der Waals surface area contributed by atoms with Gasteiger partial charge in [0.15, 0.2) is 23.3 Å². The highest BCUT2D eigenvalue weighted by atomic mass is 79.9. The van der Waals surface area contributed by atoms with Crippen LogP contribution in [-0.4, -0.2) is 5.91 Å². The third-order valence-corrected chi connectivity index (χ3v) is 3.42. The van der Waals surface area contributed by atoms with E-state index in [-0.39, 0.29) is 5.56 Å². The highest BCUT2D eigenvalue weighted by Crippen LogP contribution is 2.38. The van der Waals surface area contributed by atoms with Gasteiger partial charge in [-0.05, 0) is 24.3 Å². The molecule has 0 aliphatic heterocycles. The highest BCUT2D eigenvalue weighted by Gasteiger charge is 2.42. The van der Waals surface area contributed by atoms with Gasteiger partial charge in [0, 0.05) is 10.0 Å². The summed E-state index contributed by atoms with van der Waals surface area (Å²) in [5, 5.41) is 1.52. The molecule has 2 aromatic rings. The molecule has 0 radical (unpaired) electrons. The molecule has 0 aromatic heterocycles. The molecule has 0 fully saturated rings. The van der Waals surface area contributed by atoms with Gasteiger partial charge in [-0.2, -0.15) is 13.2 Å². The summed E-state index contributed by atoms with van der Waals surface area (Å²) in [4.78, 5) is 11.8. The van der Waals surface area contributed by atoms with E-state index in [0.29, 0.717) is 4.47 Å². The van der Waals surface area contributed by atoms with Gasteiger partial charge in [-0.3, -0.25) is 4.79 Å². The largest absolute Gasteiger partial charge is 0.422 e. The number of amides is 1. The Morgan fingerprint density at radius 1 is 0.875 bits per heavy atom. The summed E-state index contributed by atoms with van der Waals surface area (Å²) < 4.78 is 92.2. The van der Waals surface area contributed by atoms with E-state index in [9.17, 15) is 35.5 Å². The van der Waals surface area contributed by atoms with Gasteiger partial charge in [0.25, 0.3) is 5.91 Å². The number of rotatable bonds is 2. The van der Waals surface area contributed by atoms with Crippen LogP contribution < -0.4 is 5.32 Å². The van der Waals surface area contributed by atoms with E-state index in [1.165, 1.54) is 29.6 Å². The quantitative estimate of drug-likeness (QED) is 0.524. The normalized spacial score (nSPS) is 11.5. The molecule has 0 unspecified atom stereocenters. The molecule has 10 heteroatoms. The zero-order chi connectivity index (χ0) is 18.2. The minimum atomic E-state index is -5.65. The van der Waals surface area contributed by atoms with E-state index in [1.807, 2.05) is 0 Å². The number of halogens is 8. The number of nitrogens with one attached hydrogen (secondary N) is 1. The Morgan fingerprint density at radius 2 is 1.33 bits per heavy atom. The van der Waals surface area contributed by atoms with Crippen molar-refractivity contribution in [1.29, 1.82) is 0 Å². The number of hydrogen-bond acceptors (Lipinski definition) is 1. The van der Waals surface area contributed by atoms with Crippen molar-refractivity contribution in [2.75, 3.05) is 5.32 Å². The lowest BCUT2D eigenvalue weighted by molar-refractivity contribution is -0.143. The van der Waals surface area contributed by atoms with Crippen molar-refractivity contribution in [3.63, 3.8) is 0 Å². The maximum atomic E-state index is 13.7. The van der Waals surface area contributed by atoms with Crippen molar-refractivity contribution in [2.24, 2.45) is 0 Å². The number of carbonyl (C=O) groups excluding carboxylic acids is 1. The lowest BCUT2D eigenvalue weighted by Gasteiger charge is -2.14. The van der Waals surface area contributed by atoms with Crippen LogP contribution in [-0.2, 0) is 6.18 Å². The Labute approximate surface area is 138 Å². The molecule has 0 atom stereocenters. The second-order valence-corrected chi connectivity index (χ2v) is 5.38. The Hall–Kier alpha value is -2.10. The van der Waals surface area contributed by atoms with Crippen molar-refractivity contribution in [3.05, 3.63) is 63.1 Å². The van der Waals surface area contributed by atoms with Gasteiger partial charge >= 0.3 is 6.18 Å². The fourth-order valence-electron chi connectivity index (χ4n) is 1.78. The van der Waals surface area contributed by atoms with Crippen LogP contribution in [0.25, 0.3) is 0 Å². The van der Waals surface area contributed by atoms with Crippen LogP contribution in [0.3, 0.4) is 0 Å². The highest BCUT2D eigenvalue weighted by molar-refractivity contribution is 9.10. The van der Waals surface area contributed by atoms with Crippen molar-refractivity contribution >= 4 is 27.5 Å². The second kappa shape index (κ2) is 6.42. The van der Waals surface area contributed by atoms with Crippen LogP contribution in [0, 0.1) is 23.3 Å².